The van der Waals surface area contributed by atoms with Crippen LogP contribution in [0.15, 0.2) is 6.07 Å². The Morgan fingerprint density at radius 3 is 3.00 bits per heavy atom. The van der Waals surface area contributed by atoms with Gasteiger partial charge in [-0.3, -0.25) is 10.5 Å². The molecular formula is C15H22N4OS+2. The fraction of sp³-hybridized carbons (Fsp3) is 0.467. The third kappa shape index (κ3) is 2.61. The lowest BCUT2D eigenvalue weighted by atomic mass is 10.0. The maximum absolute atomic E-state index is 12.2. The van der Waals surface area contributed by atoms with E-state index in [9.17, 15) is 4.79 Å². The number of nitrogens with two attached hydrogens (primary N) is 1. The van der Waals surface area contributed by atoms with Crippen LogP contribution in [0.25, 0.3) is 10.2 Å². The number of aromatic amines is 1. The molecule has 0 radical (unpaired) electrons. The van der Waals surface area contributed by atoms with E-state index in [2.05, 4.69) is 17.3 Å². The second-order valence-electron chi connectivity index (χ2n) is 6.11. The molecule has 112 valence electrons. The van der Waals surface area contributed by atoms with E-state index in [-0.39, 0.29) is 11.9 Å². The van der Waals surface area contributed by atoms with Crippen LogP contribution >= 0.6 is 11.3 Å². The van der Waals surface area contributed by atoms with Gasteiger partial charge in [-0.15, -0.1) is 0 Å². The van der Waals surface area contributed by atoms with Crippen LogP contribution in [0.5, 0.6) is 0 Å². The Labute approximate surface area is 128 Å². The summed E-state index contributed by atoms with van der Waals surface area (Å²) < 4.78 is 0. The highest BCUT2D eigenvalue weighted by Crippen LogP contribution is 2.31. The Morgan fingerprint density at radius 1 is 1.52 bits per heavy atom. The molecule has 21 heavy (non-hydrogen) atoms. The van der Waals surface area contributed by atoms with Crippen LogP contribution in [0.1, 0.15) is 34.6 Å². The zero-order chi connectivity index (χ0) is 15.1. The zero-order valence-corrected chi connectivity index (χ0v) is 13.5. The Bertz CT molecular complexity index is 707. The first-order valence-electron chi connectivity index (χ1n) is 7.34. The van der Waals surface area contributed by atoms with Crippen molar-refractivity contribution in [2.45, 2.75) is 32.9 Å². The van der Waals surface area contributed by atoms with Crippen molar-refractivity contribution >= 4 is 33.3 Å². The maximum Gasteiger partial charge on any atom is 0.284 e. The van der Waals surface area contributed by atoms with Gasteiger partial charge in [0, 0.05) is 17.8 Å². The van der Waals surface area contributed by atoms with Gasteiger partial charge in [-0.1, -0.05) is 11.3 Å². The minimum absolute atomic E-state index is 0.0984. The predicted octanol–water partition coefficient (Wildman–Crippen LogP) is 0.00660. The molecule has 1 unspecified atom stereocenters. The van der Waals surface area contributed by atoms with Crippen molar-refractivity contribution in [1.82, 2.24) is 5.32 Å². The number of rotatable bonds is 2. The molecule has 3 heterocycles. The SMILES string of the molecule is CC(C)NC(=O)c1cc2c3c(sc2[nH+]c1N)C[NH+](C)CC3. The number of anilines is 1. The Kier molecular flexibility index (Phi) is 3.59. The highest BCUT2D eigenvalue weighted by atomic mass is 32.1. The lowest BCUT2D eigenvalue weighted by Gasteiger charge is -2.19. The fourth-order valence-corrected chi connectivity index (χ4v) is 4.18. The molecule has 6 heteroatoms. The highest BCUT2D eigenvalue weighted by Gasteiger charge is 2.25. The third-order valence-electron chi connectivity index (χ3n) is 3.89. The van der Waals surface area contributed by atoms with Crippen molar-refractivity contribution in [3.8, 4) is 0 Å². The maximum atomic E-state index is 12.2. The van der Waals surface area contributed by atoms with Crippen LogP contribution in [-0.2, 0) is 13.0 Å². The van der Waals surface area contributed by atoms with E-state index in [1.54, 1.807) is 11.3 Å². The molecule has 5 N–H and O–H groups in total. The van der Waals surface area contributed by atoms with Crippen molar-refractivity contribution in [2.24, 2.45) is 0 Å². The van der Waals surface area contributed by atoms with E-state index >= 15 is 0 Å². The molecule has 2 aromatic rings. The third-order valence-corrected chi connectivity index (χ3v) is 5.05. The minimum atomic E-state index is -0.112. The summed E-state index contributed by atoms with van der Waals surface area (Å²) in [6, 6.07) is 2.05. The molecule has 0 saturated heterocycles. The molecule has 0 saturated carbocycles. The lowest BCUT2D eigenvalue weighted by molar-refractivity contribution is -0.895. The smallest absolute Gasteiger partial charge is 0.284 e. The monoisotopic (exact) mass is 306 g/mol. The van der Waals surface area contributed by atoms with Gasteiger partial charge in [0.25, 0.3) is 11.7 Å². The number of nitrogen functional groups attached to an aromatic ring is 1. The van der Waals surface area contributed by atoms with Gasteiger partial charge in [-0.25, -0.2) is 4.98 Å². The fourth-order valence-electron chi connectivity index (χ4n) is 2.83. The predicted molar refractivity (Wildman–Crippen MR) is 84.6 cm³/mol. The van der Waals surface area contributed by atoms with E-state index in [1.807, 2.05) is 19.9 Å². The van der Waals surface area contributed by atoms with Crippen LogP contribution in [0, 0.1) is 0 Å². The van der Waals surface area contributed by atoms with Crippen LogP contribution in [0.4, 0.5) is 5.82 Å². The van der Waals surface area contributed by atoms with E-state index < -0.39 is 0 Å². The summed E-state index contributed by atoms with van der Waals surface area (Å²) in [5.41, 5.74) is 7.96. The molecule has 0 bridgehead atoms. The van der Waals surface area contributed by atoms with Gasteiger partial charge in [0.2, 0.25) is 0 Å². The second-order valence-corrected chi connectivity index (χ2v) is 7.21. The summed E-state index contributed by atoms with van der Waals surface area (Å²) in [6.07, 6.45) is 1.06. The Balaban J connectivity index is 2.08. The molecule has 3 rings (SSSR count). The summed E-state index contributed by atoms with van der Waals surface area (Å²) in [5, 5.41) is 4.06. The van der Waals surface area contributed by atoms with Crippen molar-refractivity contribution in [3.05, 3.63) is 22.1 Å². The van der Waals surface area contributed by atoms with E-state index in [0.29, 0.717) is 11.4 Å². The zero-order valence-electron chi connectivity index (χ0n) is 12.7. The van der Waals surface area contributed by atoms with Crippen LogP contribution < -0.4 is 20.9 Å². The number of nitrogens with one attached hydrogen (secondary N) is 3. The van der Waals surface area contributed by atoms with Crippen LogP contribution in [0.3, 0.4) is 0 Å². The van der Waals surface area contributed by atoms with Crippen LogP contribution in [0.2, 0.25) is 0 Å². The quantitative estimate of drug-likeness (QED) is 0.731. The molecule has 2 aromatic heterocycles. The number of quaternary nitrogens is 1. The first-order chi connectivity index (χ1) is 9.95. The first kappa shape index (κ1) is 14.3. The Morgan fingerprint density at radius 2 is 2.29 bits per heavy atom. The molecule has 0 aromatic carbocycles. The number of hydrogen-bond donors (Lipinski definition) is 3. The van der Waals surface area contributed by atoms with Crippen molar-refractivity contribution in [2.75, 3.05) is 19.3 Å². The summed E-state index contributed by atoms with van der Waals surface area (Å²) in [6.45, 7) is 6.08. The number of likely N-dealkylation sites (N-methyl/N-ethyl adjacent to an activating group) is 1. The summed E-state index contributed by atoms with van der Waals surface area (Å²) in [7, 11) is 2.22. The summed E-state index contributed by atoms with van der Waals surface area (Å²) in [4.78, 5) is 19.5. The topological polar surface area (TPSA) is 73.7 Å². The van der Waals surface area contributed by atoms with E-state index in [1.165, 1.54) is 15.3 Å². The lowest BCUT2D eigenvalue weighted by Crippen LogP contribution is -3.08. The molecule has 0 fully saturated rings. The largest absolute Gasteiger partial charge is 0.350 e. The molecule has 5 nitrogen and oxygen atoms in total. The number of H-pyrrole nitrogens is 1. The number of carbonyl (C=O) groups excluding carboxylic acids is 1. The number of hydrogen-bond acceptors (Lipinski definition) is 3. The normalized spacial score (nSPS) is 18.0. The van der Waals surface area contributed by atoms with Crippen molar-refractivity contribution in [1.29, 1.82) is 0 Å². The molecule has 0 aliphatic carbocycles. The molecule has 1 aliphatic rings. The summed E-state index contributed by atoms with van der Waals surface area (Å²) >= 11 is 1.76. The molecule has 0 spiro atoms. The van der Waals surface area contributed by atoms with Gasteiger partial charge in [0.05, 0.1) is 18.5 Å². The minimum Gasteiger partial charge on any atom is -0.350 e. The first-order valence-corrected chi connectivity index (χ1v) is 8.15. The molecule has 1 atom stereocenters. The number of amides is 1. The van der Waals surface area contributed by atoms with E-state index in [4.69, 9.17) is 5.73 Å². The standard InChI is InChI=1S/C15H20N4OS/c1-8(2)17-14(20)11-6-10-9-4-5-19(3)7-12(9)21-15(10)18-13(11)16/h6,8H,4-5,7H2,1-3H3,(H2,16,18)(H,17,20)/p+2. The number of carbonyl (C=O) groups is 1. The van der Waals surface area contributed by atoms with Gasteiger partial charge in [0.15, 0.2) is 4.83 Å². The van der Waals surface area contributed by atoms with Crippen molar-refractivity contribution < 1.29 is 14.7 Å². The van der Waals surface area contributed by atoms with Gasteiger partial charge in [-0.05, 0) is 25.5 Å². The highest BCUT2D eigenvalue weighted by molar-refractivity contribution is 7.18. The second kappa shape index (κ2) is 5.27. The molecular weight excluding hydrogens is 284 g/mol. The number of fused-ring (bicyclic) bond motifs is 3. The van der Waals surface area contributed by atoms with Crippen LogP contribution in [-0.4, -0.2) is 25.5 Å². The van der Waals surface area contributed by atoms with Gasteiger partial charge >= 0.3 is 0 Å². The van der Waals surface area contributed by atoms with Gasteiger partial charge in [0.1, 0.15) is 12.1 Å². The molecule has 1 amide bonds. The number of thiophene rings is 1. The van der Waals surface area contributed by atoms with Gasteiger partial charge in [-0.2, -0.15) is 0 Å². The number of aromatic nitrogens is 1. The van der Waals surface area contributed by atoms with E-state index in [0.717, 1.165) is 29.7 Å². The Hall–Kier alpha value is -1.66. The summed E-state index contributed by atoms with van der Waals surface area (Å²) in [5.74, 6) is 0.333. The van der Waals surface area contributed by atoms with Gasteiger partial charge < -0.3 is 10.2 Å². The molecule has 1 aliphatic heterocycles. The number of pyridine rings is 1. The van der Waals surface area contributed by atoms with Crippen molar-refractivity contribution in [3.63, 3.8) is 0 Å². The average molecular weight is 306 g/mol. The average Bonchev–Trinajstić information content (AvgIpc) is 2.72.